The molecule has 1 nitrogen and oxygen atoms in total. The Morgan fingerprint density at radius 2 is 2.08 bits per heavy atom. The number of carbonyl (C=O) groups excluding carboxylic acids is 1. The molecule has 0 rings (SSSR count). The first kappa shape index (κ1) is 12.2. The summed E-state index contributed by atoms with van der Waals surface area (Å²) in [6.45, 7) is 9.49. The van der Waals surface area contributed by atoms with Gasteiger partial charge in [-0.1, -0.05) is 39.0 Å². The first-order valence-electron chi connectivity index (χ1n) is 4.71. The fourth-order valence-electron chi connectivity index (χ4n) is 0.848. The van der Waals surface area contributed by atoms with Crippen LogP contribution in [-0.2, 0) is 4.79 Å². The Balaban J connectivity index is 3.98. The molecule has 0 N–H and O–H groups in total. The lowest BCUT2D eigenvalue weighted by atomic mass is 9.81. The molecule has 0 bridgehead atoms. The van der Waals surface area contributed by atoms with E-state index in [2.05, 4.69) is 25.0 Å². The number of unbranched alkanes of at least 4 members (excludes halogenated alkanes) is 1. The van der Waals surface area contributed by atoms with Gasteiger partial charge in [-0.25, -0.2) is 0 Å². The summed E-state index contributed by atoms with van der Waals surface area (Å²) >= 11 is 0. The summed E-state index contributed by atoms with van der Waals surface area (Å²) in [5.74, 6) is 0.245. The summed E-state index contributed by atoms with van der Waals surface area (Å²) in [6, 6.07) is 0. The minimum absolute atomic E-state index is 0.245. The van der Waals surface area contributed by atoms with Gasteiger partial charge in [0.2, 0.25) is 6.29 Å². The van der Waals surface area contributed by atoms with Crippen molar-refractivity contribution in [3.8, 4) is 0 Å². The highest BCUT2D eigenvalue weighted by Crippen LogP contribution is 2.24. The smallest absolute Gasteiger partial charge is 0.205 e. The average molecular weight is 179 g/mol. The summed E-state index contributed by atoms with van der Waals surface area (Å²) in [5, 5.41) is 0. The van der Waals surface area contributed by atoms with E-state index in [0.29, 0.717) is 0 Å². The van der Waals surface area contributed by atoms with Crippen molar-refractivity contribution in [2.45, 2.75) is 33.6 Å². The molecule has 0 heterocycles. The van der Waals surface area contributed by atoms with Gasteiger partial charge >= 0.3 is 0 Å². The molecule has 0 amide bonds. The van der Waals surface area contributed by atoms with Crippen LogP contribution >= 0.6 is 0 Å². The van der Waals surface area contributed by atoms with Gasteiger partial charge in [0.1, 0.15) is 0 Å². The molecule has 1 atom stereocenters. The van der Waals surface area contributed by atoms with Crippen LogP contribution < -0.4 is 0 Å². The molecule has 1 unspecified atom stereocenters. The topological polar surface area (TPSA) is 17.1 Å². The van der Waals surface area contributed by atoms with E-state index in [9.17, 15) is 4.79 Å². The van der Waals surface area contributed by atoms with Gasteiger partial charge in [-0.3, -0.25) is 4.79 Å². The van der Waals surface area contributed by atoms with Crippen molar-refractivity contribution < 1.29 is 4.79 Å². The van der Waals surface area contributed by atoms with Gasteiger partial charge in [0.05, 0.1) is 0 Å². The molecule has 0 aliphatic carbocycles. The maximum atomic E-state index is 10.6. The molecule has 1 heteroatoms. The average Bonchev–Trinajstić information content (AvgIpc) is 2.12. The Morgan fingerprint density at radius 1 is 1.46 bits per heavy atom. The second kappa shape index (κ2) is 5.74. The molecular formula is C12H19O. The maximum Gasteiger partial charge on any atom is 0.205 e. The zero-order valence-corrected chi connectivity index (χ0v) is 8.84. The monoisotopic (exact) mass is 179 g/mol. The molecule has 0 aromatic carbocycles. The van der Waals surface area contributed by atoms with Crippen molar-refractivity contribution in [1.82, 2.24) is 0 Å². The fraction of sp³-hybridized carbons (Fsp3) is 0.583. The SMILES string of the molecule is C=CCCC=CC(C)C(C)(C)[C]=O. The van der Waals surface area contributed by atoms with Gasteiger partial charge in [0.15, 0.2) is 0 Å². The Labute approximate surface area is 81.5 Å². The highest BCUT2D eigenvalue weighted by molar-refractivity contribution is 5.59. The van der Waals surface area contributed by atoms with Crippen molar-refractivity contribution in [1.29, 1.82) is 0 Å². The zero-order chi connectivity index (χ0) is 10.3. The minimum atomic E-state index is -0.370. The lowest BCUT2D eigenvalue weighted by Crippen LogP contribution is -2.21. The quantitative estimate of drug-likeness (QED) is 0.451. The lowest BCUT2D eigenvalue weighted by molar-refractivity contribution is 0.371. The normalized spacial score (nSPS) is 14.4. The van der Waals surface area contributed by atoms with Crippen molar-refractivity contribution in [2.75, 3.05) is 0 Å². The van der Waals surface area contributed by atoms with E-state index in [4.69, 9.17) is 0 Å². The summed E-state index contributed by atoms with van der Waals surface area (Å²) < 4.78 is 0. The molecule has 0 aromatic heterocycles. The highest BCUT2D eigenvalue weighted by atomic mass is 16.1. The lowest BCUT2D eigenvalue weighted by Gasteiger charge is -2.21. The summed E-state index contributed by atoms with van der Waals surface area (Å²) in [5.41, 5.74) is -0.370. The largest absolute Gasteiger partial charge is 0.290 e. The Hall–Kier alpha value is -0.850. The highest BCUT2D eigenvalue weighted by Gasteiger charge is 2.23. The molecule has 73 valence electrons. The third kappa shape index (κ3) is 4.66. The fourth-order valence-corrected chi connectivity index (χ4v) is 0.848. The Bertz CT molecular complexity index is 189. The molecule has 1 radical (unpaired) electrons. The molecular weight excluding hydrogens is 160 g/mol. The predicted octanol–water partition coefficient (Wildman–Crippen LogP) is 3.28. The molecule has 13 heavy (non-hydrogen) atoms. The van der Waals surface area contributed by atoms with E-state index in [0.717, 1.165) is 12.8 Å². The van der Waals surface area contributed by atoms with E-state index in [-0.39, 0.29) is 11.3 Å². The summed E-state index contributed by atoms with van der Waals surface area (Å²) in [7, 11) is 0. The molecule has 0 aliphatic heterocycles. The van der Waals surface area contributed by atoms with Gasteiger partial charge in [-0.05, 0) is 18.8 Å². The van der Waals surface area contributed by atoms with Crippen LogP contribution in [0.1, 0.15) is 33.6 Å². The van der Waals surface area contributed by atoms with Crippen molar-refractivity contribution in [3.63, 3.8) is 0 Å². The second-order valence-corrected chi connectivity index (χ2v) is 3.91. The van der Waals surface area contributed by atoms with E-state index in [1.807, 2.05) is 26.8 Å². The molecule has 0 saturated heterocycles. The zero-order valence-electron chi connectivity index (χ0n) is 8.84. The van der Waals surface area contributed by atoms with E-state index in [1.165, 1.54) is 0 Å². The molecule has 0 spiro atoms. The van der Waals surface area contributed by atoms with E-state index >= 15 is 0 Å². The number of allylic oxidation sites excluding steroid dienone is 3. The van der Waals surface area contributed by atoms with Crippen molar-refractivity contribution in [2.24, 2.45) is 11.3 Å². The van der Waals surface area contributed by atoms with Crippen molar-refractivity contribution >= 4 is 6.29 Å². The Morgan fingerprint density at radius 3 is 2.54 bits per heavy atom. The van der Waals surface area contributed by atoms with Crippen LogP contribution in [0, 0.1) is 11.3 Å². The van der Waals surface area contributed by atoms with Crippen LogP contribution in [0.15, 0.2) is 24.8 Å². The van der Waals surface area contributed by atoms with E-state index < -0.39 is 0 Å². The van der Waals surface area contributed by atoms with E-state index in [1.54, 1.807) is 0 Å². The van der Waals surface area contributed by atoms with Gasteiger partial charge in [0.25, 0.3) is 0 Å². The van der Waals surface area contributed by atoms with Crippen LogP contribution in [0.25, 0.3) is 0 Å². The summed E-state index contributed by atoms with van der Waals surface area (Å²) in [6.07, 6.45) is 10.1. The predicted molar refractivity (Wildman–Crippen MR) is 57.2 cm³/mol. The molecule has 0 aromatic rings. The number of hydrogen-bond acceptors (Lipinski definition) is 1. The molecule has 0 saturated carbocycles. The maximum absolute atomic E-state index is 10.6. The third-order valence-electron chi connectivity index (χ3n) is 2.36. The van der Waals surface area contributed by atoms with Gasteiger partial charge in [-0.2, -0.15) is 0 Å². The first-order valence-corrected chi connectivity index (χ1v) is 4.71. The van der Waals surface area contributed by atoms with Crippen LogP contribution in [0.4, 0.5) is 0 Å². The second-order valence-electron chi connectivity index (χ2n) is 3.91. The van der Waals surface area contributed by atoms with Crippen LogP contribution in [-0.4, -0.2) is 6.29 Å². The van der Waals surface area contributed by atoms with Gasteiger partial charge in [-0.15, -0.1) is 6.58 Å². The Kier molecular flexibility index (Phi) is 5.36. The van der Waals surface area contributed by atoms with Crippen LogP contribution in [0.3, 0.4) is 0 Å². The number of rotatable bonds is 6. The van der Waals surface area contributed by atoms with Crippen molar-refractivity contribution in [3.05, 3.63) is 24.8 Å². The van der Waals surface area contributed by atoms with Crippen LogP contribution in [0.5, 0.6) is 0 Å². The molecule has 0 aliphatic rings. The minimum Gasteiger partial charge on any atom is -0.290 e. The van der Waals surface area contributed by atoms with Gasteiger partial charge < -0.3 is 0 Å². The van der Waals surface area contributed by atoms with Crippen LogP contribution in [0.2, 0.25) is 0 Å². The van der Waals surface area contributed by atoms with Gasteiger partial charge in [0, 0.05) is 5.41 Å². The third-order valence-corrected chi connectivity index (χ3v) is 2.36. The molecule has 0 fully saturated rings. The summed E-state index contributed by atoms with van der Waals surface area (Å²) in [4.78, 5) is 10.6. The first-order chi connectivity index (χ1) is 6.04. The standard InChI is InChI=1S/C12H19O/c1-5-6-7-8-9-11(2)12(3,4)10-13/h5,8-9,11H,1,6-7H2,2-4H3. The number of hydrogen-bond donors (Lipinski definition) is 0.